The number of ketones is 1. The van der Waals surface area contributed by atoms with Gasteiger partial charge in [0.15, 0.2) is 0 Å². The van der Waals surface area contributed by atoms with Crippen molar-refractivity contribution in [3.05, 3.63) is 29.3 Å². The van der Waals surface area contributed by atoms with E-state index >= 15 is 0 Å². The van der Waals surface area contributed by atoms with Crippen LogP contribution in [-0.4, -0.2) is 25.0 Å². The lowest BCUT2D eigenvalue weighted by atomic mass is 10.0. The Kier molecular flexibility index (Phi) is 6.06. The van der Waals surface area contributed by atoms with E-state index in [1.807, 2.05) is 0 Å². The SMILES string of the molecule is CCOC(=O)c1ccc(OC(F)F)c(C(Br)C(C)=O)c1. The molecule has 1 aromatic rings. The first-order valence-corrected chi connectivity index (χ1v) is 6.68. The molecule has 0 radical (unpaired) electrons. The van der Waals surface area contributed by atoms with Gasteiger partial charge in [-0.25, -0.2) is 4.79 Å². The lowest BCUT2D eigenvalue weighted by molar-refractivity contribution is -0.116. The van der Waals surface area contributed by atoms with Gasteiger partial charge in [-0.15, -0.1) is 0 Å². The third-order valence-electron chi connectivity index (χ3n) is 2.37. The lowest BCUT2D eigenvalue weighted by Gasteiger charge is -2.14. The highest BCUT2D eigenvalue weighted by atomic mass is 79.9. The number of hydrogen-bond acceptors (Lipinski definition) is 4. The fraction of sp³-hybridized carbons (Fsp3) is 0.385. The van der Waals surface area contributed by atoms with Crippen LogP contribution in [0.25, 0.3) is 0 Å². The van der Waals surface area contributed by atoms with Crippen molar-refractivity contribution in [2.75, 3.05) is 6.61 Å². The van der Waals surface area contributed by atoms with Gasteiger partial charge in [0.25, 0.3) is 0 Å². The normalized spacial score (nSPS) is 12.1. The van der Waals surface area contributed by atoms with Gasteiger partial charge in [0.05, 0.1) is 12.2 Å². The number of alkyl halides is 3. The van der Waals surface area contributed by atoms with Gasteiger partial charge in [-0.3, -0.25) is 4.79 Å². The molecule has 110 valence electrons. The highest BCUT2D eigenvalue weighted by molar-refractivity contribution is 9.09. The number of halogens is 3. The van der Waals surface area contributed by atoms with Crippen LogP contribution < -0.4 is 4.74 Å². The van der Waals surface area contributed by atoms with Crippen LogP contribution in [0.3, 0.4) is 0 Å². The molecule has 0 spiro atoms. The molecular weight excluding hydrogens is 338 g/mol. The average molecular weight is 351 g/mol. The van der Waals surface area contributed by atoms with E-state index in [0.29, 0.717) is 0 Å². The number of hydrogen-bond donors (Lipinski definition) is 0. The van der Waals surface area contributed by atoms with Crippen LogP contribution in [0, 0.1) is 0 Å². The zero-order chi connectivity index (χ0) is 15.3. The summed E-state index contributed by atoms with van der Waals surface area (Å²) in [6.07, 6.45) is 0. The maximum Gasteiger partial charge on any atom is 0.387 e. The topological polar surface area (TPSA) is 52.6 Å². The Hall–Kier alpha value is -1.50. The van der Waals surface area contributed by atoms with E-state index in [1.54, 1.807) is 6.92 Å². The van der Waals surface area contributed by atoms with Crippen LogP contribution in [0.4, 0.5) is 8.78 Å². The molecule has 0 aromatic heterocycles. The van der Waals surface area contributed by atoms with E-state index in [9.17, 15) is 18.4 Å². The number of carbonyl (C=O) groups excluding carboxylic acids is 2. The fourth-order valence-corrected chi connectivity index (χ4v) is 1.87. The number of rotatable bonds is 6. The summed E-state index contributed by atoms with van der Waals surface area (Å²) in [5.41, 5.74) is 0.317. The summed E-state index contributed by atoms with van der Waals surface area (Å²) < 4.78 is 33.8. The summed E-state index contributed by atoms with van der Waals surface area (Å²) in [5.74, 6) is -1.06. The molecule has 0 saturated carbocycles. The zero-order valence-electron chi connectivity index (χ0n) is 10.9. The highest BCUT2D eigenvalue weighted by Crippen LogP contribution is 2.33. The molecule has 0 aliphatic heterocycles. The Balaban J connectivity index is 3.20. The molecule has 1 aromatic carbocycles. The van der Waals surface area contributed by atoms with Gasteiger partial charge in [-0.1, -0.05) is 15.9 Å². The van der Waals surface area contributed by atoms with Crippen molar-refractivity contribution < 1.29 is 27.8 Å². The summed E-state index contributed by atoms with van der Waals surface area (Å²) >= 11 is 3.09. The molecule has 0 saturated heterocycles. The lowest BCUT2D eigenvalue weighted by Crippen LogP contribution is -2.11. The summed E-state index contributed by atoms with van der Waals surface area (Å²) in [7, 11) is 0. The van der Waals surface area contributed by atoms with Crippen LogP contribution in [0.15, 0.2) is 18.2 Å². The number of Topliss-reactive ketones (excluding diaryl/α,β-unsaturated/α-hetero) is 1. The number of ether oxygens (including phenoxy) is 2. The van der Waals surface area contributed by atoms with Crippen molar-refractivity contribution in [2.45, 2.75) is 25.3 Å². The highest BCUT2D eigenvalue weighted by Gasteiger charge is 2.22. The molecular formula is C13H13BrF2O4. The maximum atomic E-state index is 12.3. The minimum absolute atomic E-state index is 0.156. The average Bonchev–Trinajstić information content (AvgIpc) is 2.37. The molecule has 1 atom stereocenters. The Morgan fingerprint density at radius 3 is 2.50 bits per heavy atom. The van der Waals surface area contributed by atoms with Gasteiger partial charge in [-0.2, -0.15) is 8.78 Å². The van der Waals surface area contributed by atoms with Crippen LogP contribution in [0.1, 0.15) is 34.6 Å². The molecule has 0 N–H and O–H groups in total. The first-order valence-electron chi connectivity index (χ1n) is 5.77. The second-order valence-corrected chi connectivity index (χ2v) is 4.74. The number of carbonyl (C=O) groups is 2. The van der Waals surface area contributed by atoms with Gasteiger partial charge < -0.3 is 9.47 Å². The molecule has 4 nitrogen and oxygen atoms in total. The molecule has 0 aliphatic carbocycles. The zero-order valence-corrected chi connectivity index (χ0v) is 12.4. The van der Waals surface area contributed by atoms with Gasteiger partial charge in [0, 0.05) is 5.56 Å². The fourth-order valence-electron chi connectivity index (χ4n) is 1.51. The summed E-state index contributed by atoms with van der Waals surface area (Å²) in [5, 5.41) is 0. The molecule has 7 heteroatoms. The third-order valence-corrected chi connectivity index (χ3v) is 3.50. The van der Waals surface area contributed by atoms with Crippen molar-refractivity contribution in [3.63, 3.8) is 0 Å². The Bertz CT molecular complexity index is 505. The minimum atomic E-state index is -3.02. The first kappa shape index (κ1) is 16.6. The van der Waals surface area contributed by atoms with Crippen molar-refractivity contribution in [2.24, 2.45) is 0 Å². The van der Waals surface area contributed by atoms with Crippen molar-refractivity contribution >= 4 is 27.7 Å². The molecule has 0 fully saturated rings. The van der Waals surface area contributed by atoms with Crippen LogP contribution in [-0.2, 0) is 9.53 Å². The van der Waals surface area contributed by atoms with Gasteiger partial charge in [0.1, 0.15) is 16.4 Å². The predicted molar refractivity (Wildman–Crippen MR) is 71.4 cm³/mol. The van der Waals surface area contributed by atoms with Gasteiger partial charge >= 0.3 is 12.6 Å². The Labute approximate surface area is 123 Å². The standard InChI is InChI=1S/C13H13BrF2O4/c1-3-19-12(18)8-4-5-10(20-13(15)16)9(6-8)11(14)7(2)17/h4-6,11,13H,3H2,1-2H3. The van der Waals surface area contributed by atoms with Gasteiger partial charge in [0.2, 0.25) is 0 Å². The molecule has 0 bridgehead atoms. The second kappa shape index (κ2) is 7.33. The molecule has 20 heavy (non-hydrogen) atoms. The van der Waals surface area contributed by atoms with E-state index in [4.69, 9.17) is 4.74 Å². The number of esters is 1. The van der Waals surface area contributed by atoms with E-state index < -0.39 is 17.4 Å². The summed E-state index contributed by atoms with van der Waals surface area (Å²) in [4.78, 5) is 22.2. The predicted octanol–water partition coefficient (Wildman–Crippen LogP) is 3.49. The first-order chi connectivity index (χ1) is 9.36. The van der Waals surface area contributed by atoms with Crippen LogP contribution in [0.2, 0.25) is 0 Å². The van der Waals surface area contributed by atoms with E-state index in [-0.39, 0.29) is 29.3 Å². The van der Waals surface area contributed by atoms with Gasteiger partial charge in [-0.05, 0) is 32.0 Å². The third kappa shape index (κ3) is 4.26. The quantitative estimate of drug-likeness (QED) is 0.582. The van der Waals surface area contributed by atoms with Crippen LogP contribution in [0.5, 0.6) is 5.75 Å². The van der Waals surface area contributed by atoms with E-state index in [2.05, 4.69) is 20.7 Å². The Morgan fingerprint density at radius 2 is 2.00 bits per heavy atom. The smallest absolute Gasteiger partial charge is 0.387 e. The summed E-state index contributed by atoms with van der Waals surface area (Å²) in [6, 6.07) is 3.82. The summed E-state index contributed by atoms with van der Waals surface area (Å²) in [6.45, 7) is 0.112. The molecule has 1 rings (SSSR count). The Morgan fingerprint density at radius 1 is 1.35 bits per heavy atom. The number of benzene rings is 1. The monoisotopic (exact) mass is 350 g/mol. The molecule has 0 amide bonds. The molecule has 0 aliphatic rings. The van der Waals surface area contributed by atoms with Crippen molar-refractivity contribution in [1.29, 1.82) is 0 Å². The minimum Gasteiger partial charge on any atom is -0.462 e. The van der Waals surface area contributed by atoms with E-state index in [0.717, 1.165) is 0 Å². The van der Waals surface area contributed by atoms with E-state index in [1.165, 1.54) is 25.1 Å². The second-order valence-electron chi connectivity index (χ2n) is 3.82. The van der Waals surface area contributed by atoms with Crippen LogP contribution >= 0.6 is 15.9 Å². The van der Waals surface area contributed by atoms with Crippen molar-refractivity contribution in [3.8, 4) is 5.75 Å². The van der Waals surface area contributed by atoms with Crippen molar-refractivity contribution in [1.82, 2.24) is 0 Å². The maximum absolute atomic E-state index is 12.3. The molecule has 1 unspecified atom stereocenters. The largest absolute Gasteiger partial charge is 0.462 e. The molecule has 0 heterocycles.